The minimum atomic E-state index is -0.370. The predicted molar refractivity (Wildman–Crippen MR) is 78.7 cm³/mol. The number of hydrogen-bond donors (Lipinski definition) is 2. The van der Waals surface area contributed by atoms with Gasteiger partial charge in [0.05, 0.1) is 10.9 Å². The zero-order valence-corrected chi connectivity index (χ0v) is 11.9. The molecule has 0 fully saturated rings. The van der Waals surface area contributed by atoms with Crippen molar-refractivity contribution >= 4 is 34.7 Å². The maximum absolute atomic E-state index is 11.8. The Morgan fingerprint density at radius 1 is 1.44 bits per heavy atom. The second-order valence-corrected chi connectivity index (χ2v) is 4.94. The second-order valence-electron chi connectivity index (χ2n) is 4.03. The lowest BCUT2D eigenvalue weighted by Crippen LogP contribution is -2.38. The molecule has 1 unspecified atom stereocenters. The van der Waals surface area contributed by atoms with E-state index in [9.17, 15) is 4.79 Å². The molecule has 0 aliphatic carbocycles. The third-order valence-electron chi connectivity index (χ3n) is 2.69. The first kappa shape index (κ1) is 14.9. The van der Waals surface area contributed by atoms with Gasteiger partial charge in [-0.05, 0) is 30.5 Å². The number of benzene rings is 1. The summed E-state index contributed by atoms with van der Waals surface area (Å²) < 4.78 is 0. The lowest BCUT2D eigenvalue weighted by molar-refractivity contribution is -0.123. The third-order valence-corrected chi connectivity index (χ3v) is 3.23. The average Bonchev–Trinajstić information content (AvgIpc) is 2.32. The molecular weight excluding hydrogens is 268 g/mol. The summed E-state index contributed by atoms with van der Waals surface area (Å²) in [5.74, 6) is -0.468. The predicted octanol–water partition coefficient (Wildman–Crippen LogP) is 2.31. The number of carbonyl (C=O) groups is 1. The molecule has 1 atom stereocenters. The molecule has 0 saturated heterocycles. The molecule has 0 bridgehead atoms. The first-order valence-corrected chi connectivity index (χ1v) is 6.64. The minimum absolute atomic E-state index is 0.0982. The number of nitrogens with two attached hydrogens (primary N) is 1. The highest BCUT2D eigenvalue weighted by Crippen LogP contribution is 2.09. The van der Waals surface area contributed by atoms with Gasteiger partial charge in [0, 0.05) is 11.6 Å². The Bertz CT molecular complexity index is 420. The number of amides is 1. The molecule has 1 aromatic carbocycles. The molecule has 1 rings (SSSR count). The van der Waals surface area contributed by atoms with E-state index in [0.29, 0.717) is 18.0 Å². The third kappa shape index (κ3) is 4.63. The maximum Gasteiger partial charge on any atom is 0.229 e. The van der Waals surface area contributed by atoms with Crippen molar-refractivity contribution in [3.05, 3.63) is 34.9 Å². The Morgan fingerprint density at radius 3 is 2.56 bits per heavy atom. The molecule has 3 nitrogen and oxygen atoms in total. The lowest BCUT2D eigenvalue weighted by atomic mass is 10.1. The van der Waals surface area contributed by atoms with E-state index >= 15 is 0 Å². The highest BCUT2D eigenvalue weighted by atomic mass is 35.5. The average molecular weight is 285 g/mol. The summed E-state index contributed by atoms with van der Waals surface area (Å²) in [6.45, 7) is 2.46. The molecular formula is C13H17ClN2OS. The monoisotopic (exact) mass is 284 g/mol. The number of thiocarbonyl (C=S) groups is 1. The molecule has 0 radical (unpaired) electrons. The van der Waals surface area contributed by atoms with Crippen LogP contribution in [0.4, 0.5) is 0 Å². The maximum atomic E-state index is 11.8. The molecule has 3 N–H and O–H groups in total. The van der Waals surface area contributed by atoms with Crippen LogP contribution in [0.1, 0.15) is 18.9 Å². The molecule has 0 saturated carbocycles. The molecule has 0 aromatic heterocycles. The van der Waals surface area contributed by atoms with Crippen LogP contribution in [0.2, 0.25) is 5.02 Å². The quantitative estimate of drug-likeness (QED) is 0.788. The SMILES string of the molecule is CCC(C(=O)NCCc1ccc(Cl)cc1)C(N)=S. The van der Waals surface area contributed by atoms with E-state index in [1.54, 1.807) is 0 Å². The van der Waals surface area contributed by atoms with Gasteiger partial charge in [-0.2, -0.15) is 0 Å². The Hall–Kier alpha value is -1.13. The van der Waals surface area contributed by atoms with Gasteiger partial charge in [0.15, 0.2) is 0 Å². The Labute approximate surface area is 118 Å². The fraction of sp³-hybridized carbons (Fsp3) is 0.385. The van der Waals surface area contributed by atoms with Gasteiger partial charge in [-0.1, -0.05) is 42.9 Å². The van der Waals surface area contributed by atoms with Crippen molar-refractivity contribution < 1.29 is 4.79 Å². The van der Waals surface area contributed by atoms with Crippen molar-refractivity contribution in [1.29, 1.82) is 0 Å². The fourth-order valence-corrected chi connectivity index (χ4v) is 2.02. The zero-order valence-electron chi connectivity index (χ0n) is 10.3. The summed E-state index contributed by atoms with van der Waals surface area (Å²) in [5, 5.41) is 3.55. The first-order valence-electron chi connectivity index (χ1n) is 5.86. The number of hydrogen-bond acceptors (Lipinski definition) is 2. The molecule has 0 aliphatic heterocycles. The number of halogens is 1. The van der Waals surface area contributed by atoms with Crippen LogP contribution in [0, 0.1) is 5.92 Å². The standard InChI is InChI=1S/C13H17ClN2OS/c1-2-11(12(15)18)13(17)16-8-7-9-3-5-10(14)6-4-9/h3-6,11H,2,7-8H2,1H3,(H2,15,18)(H,16,17). The number of rotatable bonds is 6. The van der Waals surface area contributed by atoms with Gasteiger partial charge in [-0.3, -0.25) is 4.79 Å². The Kier molecular flexibility index (Phi) is 6.09. The zero-order chi connectivity index (χ0) is 13.5. The molecule has 5 heteroatoms. The largest absolute Gasteiger partial charge is 0.393 e. The van der Waals surface area contributed by atoms with Crippen LogP contribution < -0.4 is 11.1 Å². The summed E-state index contributed by atoms with van der Waals surface area (Å²) in [6.07, 6.45) is 1.39. The molecule has 18 heavy (non-hydrogen) atoms. The van der Waals surface area contributed by atoms with Gasteiger partial charge in [0.25, 0.3) is 0 Å². The molecule has 98 valence electrons. The topological polar surface area (TPSA) is 55.1 Å². The van der Waals surface area contributed by atoms with Gasteiger partial charge in [0.2, 0.25) is 5.91 Å². The smallest absolute Gasteiger partial charge is 0.229 e. The molecule has 1 amide bonds. The summed E-state index contributed by atoms with van der Waals surface area (Å²) >= 11 is 10.6. The van der Waals surface area contributed by atoms with Gasteiger partial charge >= 0.3 is 0 Å². The van der Waals surface area contributed by atoms with Crippen molar-refractivity contribution in [3.63, 3.8) is 0 Å². The van der Waals surface area contributed by atoms with Gasteiger partial charge in [-0.15, -0.1) is 0 Å². The van der Waals surface area contributed by atoms with Crippen LogP contribution in [-0.2, 0) is 11.2 Å². The summed E-state index contributed by atoms with van der Waals surface area (Å²) in [4.78, 5) is 12.0. The van der Waals surface area contributed by atoms with Gasteiger partial charge in [-0.25, -0.2) is 0 Å². The van der Waals surface area contributed by atoms with Crippen LogP contribution in [0.15, 0.2) is 24.3 Å². The normalized spacial score (nSPS) is 11.9. The van der Waals surface area contributed by atoms with E-state index in [0.717, 1.165) is 12.0 Å². The highest BCUT2D eigenvalue weighted by Gasteiger charge is 2.18. The number of nitrogens with one attached hydrogen (secondary N) is 1. The van der Waals surface area contributed by atoms with E-state index in [-0.39, 0.29) is 16.8 Å². The highest BCUT2D eigenvalue weighted by molar-refractivity contribution is 7.80. The van der Waals surface area contributed by atoms with E-state index in [1.807, 2.05) is 31.2 Å². The lowest BCUT2D eigenvalue weighted by Gasteiger charge is -2.13. The van der Waals surface area contributed by atoms with E-state index < -0.39 is 0 Å². The summed E-state index contributed by atoms with van der Waals surface area (Å²) in [5.41, 5.74) is 6.63. The van der Waals surface area contributed by atoms with E-state index in [4.69, 9.17) is 29.6 Å². The first-order chi connectivity index (χ1) is 8.54. The van der Waals surface area contributed by atoms with Crippen LogP contribution in [-0.4, -0.2) is 17.4 Å². The fourth-order valence-electron chi connectivity index (χ4n) is 1.62. The second kappa shape index (κ2) is 7.34. The Morgan fingerprint density at radius 2 is 2.06 bits per heavy atom. The van der Waals surface area contributed by atoms with Crippen molar-refractivity contribution in [1.82, 2.24) is 5.32 Å². The van der Waals surface area contributed by atoms with Crippen molar-refractivity contribution in [2.75, 3.05) is 6.54 Å². The van der Waals surface area contributed by atoms with Crippen LogP contribution in [0.5, 0.6) is 0 Å². The molecule has 0 heterocycles. The van der Waals surface area contributed by atoms with Crippen LogP contribution >= 0.6 is 23.8 Å². The molecule has 0 spiro atoms. The molecule has 0 aliphatic rings. The summed E-state index contributed by atoms with van der Waals surface area (Å²) in [7, 11) is 0. The van der Waals surface area contributed by atoms with E-state index in [2.05, 4.69) is 5.32 Å². The van der Waals surface area contributed by atoms with Gasteiger partial charge in [0.1, 0.15) is 0 Å². The number of carbonyl (C=O) groups excluding carboxylic acids is 1. The Balaban J connectivity index is 2.39. The van der Waals surface area contributed by atoms with Crippen LogP contribution in [0.3, 0.4) is 0 Å². The van der Waals surface area contributed by atoms with E-state index in [1.165, 1.54) is 0 Å². The van der Waals surface area contributed by atoms with Crippen molar-refractivity contribution in [3.8, 4) is 0 Å². The van der Waals surface area contributed by atoms with Crippen molar-refractivity contribution in [2.45, 2.75) is 19.8 Å². The minimum Gasteiger partial charge on any atom is -0.393 e. The summed E-state index contributed by atoms with van der Waals surface area (Å²) in [6, 6.07) is 7.56. The van der Waals surface area contributed by atoms with Crippen molar-refractivity contribution in [2.24, 2.45) is 11.7 Å². The molecule has 1 aromatic rings. The van der Waals surface area contributed by atoms with Crippen LogP contribution in [0.25, 0.3) is 0 Å². The van der Waals surface area contributed by atoms with Gasteiger partial charge < -0.3 is 11.1 Å².